The fourth-order valence-electron chi connectivity index (χ4n) is 2.23. The number of aryl methyl sites for hydroxylation is 2. The first-order valence-corrected chi connectivity index (χ1v) is 10.5. The number of alkyl halides is 3. The highest BCUT2D eigenvalue weighted by molar-refractivity contribution is 7.98. The number of aromatic nitrogens is 1. The topological polar surface area (TPSA) is 59.4 Å². The van der Waals surface area contributed by atoms with Crippen molar-refractivity contribution in [3.8, 4) is 5.75 Å². The maximum Gasteiger partial charge on any atom is 0.415 e. The molecule has 2 rings (SSSR count). The van der Waals surface area contributed by atoms with E-state index in [1.165, 1.54) is 17.4 Å². The summed E-state index contributed by atoms with van der Waals surface area (Å²) in [6.07, 6.45) is -2.31. The van der Waals surface area contributed by atoms with Gasteiger partial charge in [-0.05, 0) is 43.7 Å². The molecule has 0 spiro atoms. The molecule has 1 heterocycles. The van der Waals surface area contributed by atoms with Gasteiger partial charge in [0, 0.05) is 26.7 Å². The molecule has 0 radical (unpaired) electrons. The van der Waals surface area contributed by atoms with E-state index in [4.69, 9.17) is 9.84 Å². The Kier molecular flexibility index (Phi) is 7.91. The summed E-state index contributed by atoms with van der Waals surface area (Å²) in [5.74, 6) is 0.106. The van der Waals surface area contributed by atoms with Crippen molar-refractivity contribution in [2.45, 2.75) is 30.7 Å². The van der Waals surface area contributed by atoms with Crippen molar-refractivity contribution in [1.82, 2.24) is 4.98 Å². The molecular formula is C21H20F3NO3S2. The highest BCUT2D eigenvalue weighted by atomic mass is 32.2. The van der Waals surface area contributed by atoms with Gasteiger partial charge >= 0.3 is 12.1 Å². The van der Waals surface area contributed by atoms with E-state index in [-0.39, 0.29) is 0 Å². The standard InChI is InChI=1S/C21H20F3NO3S2/c1-12(5-6-14(3)21(22,23)24)20-25-15(4)18(30-20)11-29-16-7-8-17(13(2)9-16)28-10-19(26)27/h5-9H,1,3,10-11H2,2,4H3,(H,26,27)/b6-5-. The molecule has 0 atom stereocenters. The lowest BCUT2D eigenvalue weighted by molar-refractivity contribution is -0.139. The van der Waals surface area contributed by atoms with Crippen LogP contribution in [-0.4, -0.2) is 28.8 Å². The van der Waals surface area contributed by atoms with E-state index in [0.29, 0.717) is 22.1 Å². The molecule has 0 saturated carbocycles. The molecule has 0 amide bonds. The number of rotatable bonds is 9. The van der Waals surface area contributed by atoms with Crippen LogP contribution in [0.25, 0.3) is 5.57 Å². The molecule has 160 valence electrons. The summed E-state index contributed by atoms with van der Waals surface area (Å²) < 4.78 is 42.8. The summed E-state index contributed by atoms with van der Waals surface area (Å²) in [7, 11) is 0. The molecule has 30 heavy (non-hydrogen) atoms. The Morgan fingerprint density at radius 2 is 2.00 bits per heavy atom. The van der Waals surface area contributed by atoms with Crippen LogP contribution in [0.15, 0.2) is 54.0 Å². The quantitative estimate of drug-likeness (QED) is 0.360. The van der Waals surface area contributed by atoms with Crippen LogP contribution in [0.3, 0.4) is 0 Å². The second-order valence-electron chi connectivity index (χ2n) is 6.31. The summed E-state index contributed by atoms with van der Waals surface area (Å²) in [4.78, 5) is 17.0. The van der Waals surface area contributed by atoms with Crippen LogP contribution in [0.5, 0.6) is 5.75 Å². The van der Waals surface area contributed by atoms with Crippen LogP contribution in [-0.2, 0) is 10.5 Å². The van der Waals surface area contributed by atoms with E-state index >= 15 is 0 Å². The van der Waals surface area contributed by atoms with E-state index < -0.39 is 24.3 Å². The van der Waals surface area contributed by atoms with Gasteiger partial charge in [0.1, 0.15) is 10.8 Å². The van der Waals surface area contributed by atoms with Gasteiger partial charge in [-0.3, -0.25) is 0 Å². The van der Waals surface area contributed by atoms with Crippen molar-refractivity contribution < 1.29 is 27.8 Å². The van der Waals surface area contributed by atoms with E-state index in [2.05, 4.69) is 18.1 Å². The first-order valence-electron chi connectivity index (χ1n) is 8.65. The van der Waals surface area contributed by atoms with Crippen LogP contribution >= 0.6 is 23.1 Å². The van der Waals surface area contributed by atoms with Crippen LogP contribution in [0.1, 0.15) is 21.1 Å². The molecule has 1 aromatic heterocycles. The van der Waals surface area contributed by atoms with Crippen molar-refractivity contribution in [1.29, 1.82) is 0 Å². The normalized spacial score (nSPS) is 11.6. The lowest BCUT2D eigenvalue weighted by atomic mass is 10.2. The first-order chi connectivity index (χ1) is 14.0. The van der Waals surface area contributed by atoms with Gasteiger partial charge in [0.15, 0.2) is 6.61 Å². The van der Waals surface area contributed by atoms with Crippen molar-refractivity contribution in [2.24, 2.45) is 0 Å². The second-order valence-corrected chi connectivity index (χ2v) is 8.44. The maximum absolute atomic E-state index is 12.5. The summed E-state index contributed by atoms with van der Waals surface area (Å²) in [6.45, 7) is 10.1. The Balaban J connectivity index is 2.02. The SMILES string of the molecule is C=C(/C=C\C(=C)C(F)(F)F)c1nc(C)c(CSc2ccc(OCC(=O)O)c(C)c2)s1. The number of carbonyl (C=O) groups is 1. The number of thioether (sulfide) groups is 1. The number of hydrogen-bond acceptors (Lipinski definition) is 5. The van der Waals surface area contributed by atoms with Gasteiger partial charge < -0.3 is 9.84 Å². The number of hydrogen-bond donors (Lipinski definition) is 1. The number of benzene rings is 1. The molecule has 0 aliphatic rings. The minimum Gasteiger partial charge on any atom is -0.482 e. The molecule has 4 nitrogen and oxygen atoms in total. The van der Waals surface area contributed by atoms with Gasteiger partial charge in [-0.15, -0.1) is 23.1 Å². The summed E-state index contributed by atoms with van der Waals surface area (Å²) >= 11 is 2.95. The number of thiazole rings is 1. The van der Waals surface area contributed by atoms with Crippen molar-refractivity contribution >= 4 is 34.6 Å². The molecule has 0 unspecified atom stereocenters. The van der Waals surface area contributed by atoms with Gasteiger partial charge in [-0.1, -0.05) is 19.2 Å². The molecule has 1 aromatic carbocycles. The lowest BCUT2D eigenvalue weighted by Gasteiger charge is -2.08. The zero-order valence-electron chi connectivity index (χ0n) is 16.4. The van der Waals surface area contributed by atoms with Crippen LogP contribution in [0, 0.1) is 13.8 Å². The molecule has 0 bridgehead atoms. The number of carboxylic acid groups (broad SMARTS) is 1. The number of ether oxygens (including phenoxy) is 1. The molecule has 0 fully saturated rings. The predicted octanol–water partition coefficient (Wildman–Crippen LogP) is 6.20. The predicted molar refractivity (Wildman–Crippen MR) is 114 cm³/mol. The summed E-state index contributed by atoms with van der Waals surface area (Å²) in [5, 5.41) is 9.25. The summed E-state index contributed by atoms with van der Waals surface area (Å²) in [6, 6.07) is 5.48. The van der Waals surface area contributed by atoms with Crippen LogP contribution < -0.4 is 4.74 Å². The van der Waals surface area contributed by atoms with Crippen molar-refractivity contribution in [2.75, 3.05) is 6.61 Å². The minimum absolute atomic E-state index is 0.389. The maximum atomic E-state index is 12.5. The highest BCUT2D eigenvalue weighted by Gasteiger charge is 2.29. The molecular weight excluding hydrogens is 435 g/mol. The second kappa shape index (κ2) is 9.99. The third-order valence-electron chi connectivity index (χ3n) is 3.88. The average molecular weight is 456 g/mol. The van der Waals surface area contributed by atoms with E-state index in [9.17, 15) is 18.0 Å². The van der Waals surface area contributed by atoms with Gasteiger partial charge in [0.05, 0.1) is 5.69 Å². The Bertz CT molecular complexity index is 994. The van der Waals surface area contributed by atoms with Gasteiger partial charge in [-0.2, -0.15) is 13.2 Å². The van der Waals surface area contributed by atoms with Crippen molar-refractivity contribution in [3.05, 3.63) is 70.2 Å². The van der Waals surface area contributed by atoms with Crippen LogP contribution in [0.2, 0.25) is 0 Å². The third kappa shape index (κ3) is 6.77. The Hall–Kier alpha value is -2.52. The molecule has 1 N–H and O–H groups in total. The fourth-order valence-corrected chi connectivity index (χ4v) is 4.38. The minimum atomic E-state index is -4.47. The summed E-state index contributed by atoms with van der Waals surface area (Å²) in [5.41, 5.74) is 1.07. The Labute approximate surface area is 180 Å². The van der Waals surface area contributed by atoms with Crippen molar-refractivity contribution in [3.63, 3.8) is 0 Å². The molecule has 2 aromatic rings. The first kappa shape index (κ1) is 23.8. The van der Waals surface area contributed by atoms with Crippen LogP contribution in [0.4, 0.5) is 13.2 Å². The fraction of sp³-hybridized carbons (Fsp3) is 0.238. The number of aliphatic carboxylic acids is 1. The molecule has 0 saturated heterocycles. The zero-order valence-corrected chi connectivity index (χ0v) is 18.0. The van der Waals surface area contributed by atoms with Gasteiger partial charge in [-0.25, -0.2) is 9.78 Å². The smallest absolute Gasteiger partial charge is 0.415 e. The number of nitrogens with zero attached hydrogens (tertiary/aromatic N) is 1. The van der Waals surface area contributed by atoms with Gasteiger partial charge in [0.2, 0.25) is 0 Å². The largest absolute Gasteiger partial charge is 0.482 e. The van der Waals surface area contributed by atoms with E-state index in [1.54, 1.807) is 17.8 Å². The zero-order chi connectivity index (χ0) is 22.5. The highest BCUT2D eigenvalue weighted by Crippen LogP contribution is 2.33. The average Bonchev–Trinajstić information content (AvgIpc) is 3.03. The third-order valence-corrected chi connectivity index (χ3v) is 6.32. The monoisotopic (exact) mass is 455 g/mol. The van der Waals surface area contributed by atoms with Gasteiger partial charge in [0.25, 0.3) is 0 Å². The number of halogens is 3. The molecule has 9 heteroatoms. The Morgan fingerprint density at radius 3 is 2.60 bits per heavy atom. The van der Waals surface area contributed by atoms with E-state index in [0.717, 1.165) is 27.1 Å². The van der Waals surface area contributed by atoms with E-state index in [1.807, 2.05) is 26.0 Å². The number of allylic oxidation sites excluding steroid dienone is 4. The number of carboxylic acids is 1. The lowest BCUT2D eigenvalue weighted by Crippen LogP contribution is -2.09. The molecule has 0 aliphatic heterocycles. The Morgan fingerprint density at radius 1 is 1.30 bits per heavy atom. The molecule has 0 aliphatic carbocycles.